The lowest BCUT2D eigenvalue weighted by atomic mass is 10.1. The molecule has 0 saturated carbocycles. The molecule has 2 N–H and O–H groups in total. The molecule has 0 unspecified atom stereocenters. The van der Waals surface area contributed by atoms with Crippen molar-refractivity contribution in [3.63, 3.8) is 0 Å². The first-order chi connectivity index (χ1) is 9.15. The van der Waals surface area contributed by atoms with E-state index in [0.29, 0.717) is 13.1 Å². The molecule has 0 aliphatic carbocycles. The van der Waals surface area contributed by atoms with Crippen LogP contribution in [-0.4, -0.2) is 48.1 Å². The van der Waals surface area contributed by atoms with Crippen molar-refractivity contribution < 1.29 is 14.7 Å². The van der Waals surface area contributed by atoms with E-state index in [1.54, 1.807) is 4.90 Å². The van der Waals surface area contributed by atoms with Gasteiger partial charge in [0.1, 0.15) is 0 Å². The van der Waals surface area contributed by atoms with Crippen molar-refractivity contribution >= 4 is 11.8 Å². The van der Waals surface area contributed by atoms with E-state index in [0.717, 1.165) is 5.56 Å². The van der Waals surface area contributed by atoms with Crippen molar-refractivity contribution in [1.82, 2.24) is 10.2 Å². The number of hydrogen-bond donors (Lipinski definition) is 2. The van der Waals surface area contributed by atoms with Crippen molar-refractivity contribution in [1.29, 1.82) is 0 Å². The smallest absolute Gasteiger partial charge is 0.240 e. The number of carbonyl (C=O) groups excluding carboxylic acids is 2. The number of imide groups is 1. The number of rotatable bonds is 7. The second-order valence-electron chi connectivity index (χ2n) is 4.23. The number of benzene rings is 1. The first-order valence-corrected chi connectivity index (χ1v) is 6.35. The average molecular weight is 264 g/mol. The summed E-state index contributed by atoms with van der Waals surface area (Å²) in [4.78, 5) is 25.1. The SMILES string of the molecule is CCN(CCO)CC(=O)NC(=O)Cc1ccccc1. The highest BCUT2D eigenvalue weighted by Crippen LogP contribution is 1.99. The second-order valence-corrected chi connectivity index (χ2v) is 4.23. The van der Waals surface area contributed by atoms with E-state index in [4.69, 9.17) is 5.11 Å². The fraction of sp³-hybridized carbons (Fsp3) is 0.429. The first-order valence-electron chi connectivity index (χ1n) is 6.35. The van der Waals surface area contributed by atoms with Gasteiger partial charge in [0.05, 0.1) is 19.6 Å². The molecule has 0 bridgehead atoms. The molecule has 1 aromatic carbocycles. The summed E-state index contributed by atoms with van der Waals surface area (Å²) in [6, 6.07) is 9.26. The summed E-state index contributed by atoms with van der Waals surface area (Å²) in [5.74, 6) is -0.646. The molecule has 0 atom stereocenters. The number of likely N-dealkylation sites (N-methyl/N-ethyl adjacent to an activating group) is 1. The van der Waals surface area contributed by atoms with Crippen LogP contribution >= 0.6 is 0 Å². The Balaban J connectivity index is 2.37. The summed E-state index contributed by atoms with van der Waals surface area (Å²) in [7, 11) is 0. The Hall–Kier alpha value is -1.72. The maximum atomic E-state index is 11.7. The summed E-state index contributed by atoms with van der Waals surface area (Å²) in [6.45, 7) is 3.10. The fourth-order valence-electron chi connectivity index (χ4n) is 1.71. The standard InChI is InChI=1S/C14H20N2O3/c1-2-16(8-9-17)11-14(19)15-13(18)10-12-6-4-3-5-7-12/h3-7,17H,2,8-11H2,1H3,(H,15,18,19). The molecule has 0 heterocycles. The Morgan fingerprint density at radius 2 is 1.89 bits per heavy atom. The van der Waals surface area contributed by atoms with Crippen LogP contribution in [0.15, 0.2) is 30.3 Å². The normalized spacial score (nSPS) is 10.5. The van der Waals surface area contributed by atoms with Gasteiger partial charge in [-0.2, -0.15) is 0 Å². The van der Waals surface area contributed by atoms with Gasteiger partial charge in [-0.3, -0.25) is 19.8 Å². The number of aliphatic hydroxyl groups is 1. The highest BCUT2D eigenvalue weighted by Gasteiger charge is 2.12. The van der Waals surface area contributed by atoms with E-state index >= 15 is 0 Å². The molecule has 0 aliphatic rings. The minimum Gasteiger partial charge on any atom is -0.395 e. The summed E-state index contributed by atoms with van der Waals surface area (Å²) in [5, 5.41) is 11.2. The van der Waals surface area contributed by atoms with Crippen LogP contribution in [0, 0.1) is 0 Å². The van der Waals surface area contributed by atoms with Crippen LogP contribution in [-0.2, 0) is 16.0 Å². The van der Waals surface area contributed by atoms with Gasteiger partial charge in [-0.15, -0.1) is 0 Å². The summed E-state index contributed by atoms with van der Waals surface area (Å²) in [6.07, 6.45) is 0.193. The molecular formula is C14H20N2O3. The summed E-state index contributed by atoms with van der Waals surface area (Å²) in [5.41, 5.74) is 0.871. The van der Waals surface area contributed by atoms with Crippen LogP contribution in [0.2, 0.25) is 0 Å². The van der Waals surface area contributed by atoms with E-state index in [1.165, 1.54) is 0 Å². The van der Waals surface area contributed by atoms with Gasteiger partial charge in [0, 0.05) is 6.54 Å². The fourth-order valence-corrected chi connectivity index (χ4v) is 1.71. The monoisotopic (exact) mass is 264 g/mol. The van der Waals surface area contributed by atoms with Crippen LogP contribution < -0.4 is 5.32 Å². The number of amides is 2. The Morgan fingerprint density at radius 3 is 2.47 bits per heavy atom. The predicted molar refractivity (Wildman–Crippen MR) is 72.5 cm³/mol. The number of nitrogens with one attached hydrogen (secondary N) is 1. The number of nitrogens with zero attached hydrogens (tertiary/aromatic N) is 1. The van der Waals surface area contributed by atoms with Crippen LogP contribution in [0.5, 0.6) is 0 Å². The minimum absolute atomic E-state index is 0.000911. The van der Waals surface area contributed by atoms with E-state index in [1.807, 2.05) is 37.3 Å². The maximum Gasteiger partial charge on any atom is 0.240 e. The molecule has 2 amide bonds. The third kappa shape index (κ3) is 6.13. The molecule has 0 saturated heterocycles. The summed E-state index contributed by atoms with van der Waals surface area (Å²) >= 11 is 0. The van der Waals surface area contributed by atoms with Crippen LogP contribution in [0.3, 0.4) is 0 Å². The highest BCUT2D eigenvalue weighted by atomic mass is 16.3. The minimum atomic E-state index is -0.337. The Kier molecular flexibility index (Phi) is 6.78. The van der Waals surface area contributed by atoms with Crippen molar-refractivity contribution in [3.8, 4) is 0 Å². The largest absolute Gasteiger partial charge is 0.395 e. The second kappa shape index (κ2) is 8.39. The predicted octanol–water partition coefficient (Wildman–Crippen LogP) is 0.186. The van der Waals surface area contributed by atoms with Crippen molar-refractivity contribution in [2.75, 3.05) is 26.2 Å². The molecule has 0 spiro atoms. The third-order valence-corrected chi connectivity index (χ3v) is 2.72. The number of carbonyl (C=O) groups is 2. The van der Waals surface area contributed by atoms with E-state index in [-0.39, 0.29) is 31.4 Å². The van der Waals surface area contributed by atoms with Crippen molar-refractivity contribution in [2.45, 2.75) is 13.3 Å². The zero-order chi connectivity index (χ0) is 14.1. The average Bonchev–Trinajstić information content (AvgIpc) is 2.39. The van der Waals surface area contributed by atoms with Crippen LogP contribution in [0.4, 0.5) is 0 Å². The van der Waals surface area contributed by atoms with Gasteiger partial charge in [0.25, 0.3) is 0 Å². The van der Waals surface area contributed by atoms with Gasteiger partial charge < -0.3 is 5.11 Å². The first kappa shape index (κ1) is 15.3. The molecule has 104 valence electrons. The molecule has 1 rings (SSSR count). The van der Waals surface area contributed by atoms with Crippen LogP contribution in [0.1, 0.15) is 12.5 Å². The highest BCUT2D eigenvalue weighted by molar-refractivity contribution is 5.96. The molecule has 0 fully saturated rings. The molecule has 5 nitrogen and oxygen atoms in total. The lowest BCUT2D eigenvalue weighted by Crippen LogP contribution is -2.41. The Bertz CT molecular complexity index is 406. The van der Waals surface area contributed by atoms with Gasteiger partial charge >= 0.3 is 0 Å². The number of aliphatic hydroxyl groups excluding tert-OH is 1. The Labute approximate surface area is 113 Å². The molecule has 5 heteroatoms. The molecule has 1 aromatic rings. The lowest BCUT2D eigenvalue weighted by Gasteiger charge is -2.17. The topological polar surface area (TPSA) is 69.6 Å². The molecule has 0 aliphatic heterocycles. The van der Waals surface area contributed by atoms with E-state index in [9.17, 15) is 9.59 Å². The third-order valence-electron chi connectivity index (χ3n) is 2.72. The summed E-state index contributed by atoms with van der Waals surface area (Å²) < 4.78 is 0. The molecular weight excluding hydrogens is 244 g/mol. The molecule has 0 aromatic heterocycles. The maximum absolute atomic E-state index is 11.7. The van der Waals surface area contributed by atoms with E-state index in [2.05, 4.69) is 5.32 Å². The van der Waals surface area contributed by atoms with Crippen molar-refractivity contribution in [2.24, 2.45) is 0 Å². The van der Waals surface area contributed by atoms with Gasteiger partial charge in [-0.1, -0.05) is 37.3 Å². The van der Waals surface area contributed by atoms with E-state index < -0.39 is 0 Å². The van der Waals surface area contributed by atoms with Gasteiger partial charge in [0.2, 0.25) is 11.8 Å². The van der Waals surface area contributed by atoms with Crippen LogP contribution in [0.25, 0.3) is 0 Å². The van der Waals surface area contributed by atoms with Gasteiger partial charge in [-0.05, 0) is 12.1 Å². The quantitative estimate of drug-likeness (QED) is 0.737. The van der Waals surface area contributed by atoms with Gasteiger partial charge in [-0.25, -0.2) is 0 Å². The lowest BCUT2D eigenvalue weighted by molar-refractivity contribution is -0.130. The zero-order valence-corrected chi connectivity index (χ0v) is 11.1. The van der Waals surface area contributed by atoms with Crippen molar-refractivity contribution in [3.05, 3.63) is 35.9 Å². The zero-order valence-electron chi connectivity index (χ0n) is 11.1. The van der Waals surface area contributed by atoms with Gasteiger partial charge in [0.15, 0.2) is 0 Å². The molecule has 19 heavy (non-hydrogen) atoms. The Morgan fingerprint density at radius 1 is 1.21 bits per heavy atom. The molecule has 0 radical (unpaired) electrons. The number of hydrogen-bond acceptors (Lipinski definition) is 4.